The molecule has 126 valence electrons. The highest BCUT2D eigenvalue weighted by Crippen LogP contribution is 2.33. The number of benzene rings is 2. The maximum absolute atomic E-state index is 10.1. The van der Waals surface area contributed by atoms with Gasteiger partial charge in [0.15, 0.2) is 0 Å². The molecule has 0 saturated carbocycles. The molecule has 0 aliphatic heterocycles. The molecule has 5 nitrogen and oxygen atoms in total. The third-order valence-electron chi connectivity index (χ3n) is 3.56. The van der Waals surface area contributed by atoms with E-state index < -0.39 is 6.10 Å². The minimum atomic E-state index is -0.702. The fraction of sp³-hybridized carbons (Fsp3) is 0.412. The molecule has 3 N–H and O–H groups in total. The summed E-state index contributed by atoms with van der Waals surface area (Å²) in [4.78, 5) is 1.80. The standard InChI is InChI=1S/C17H22BrNO4/c18-17-15-4-2-1-3-13(15)5-6-16(17)23-12-14(22)11-19(7-9-20)8-10-21/h1-6,14,20-22H,7-12H2. The number of halogens is 1. The van der Waals surface area contributed by atoms with Crippen LogP contribution < -0.4 is 4.74 Å². The molecule has 0 aromatic heterocycles. The number of hydrogen-bond donors (Lipinski definition) is 3. The van der Waals surface area contributed by atoms with Gasteiger partial charge in [0.2, 0.25) is 0 Å². The monoisotopic (exact) mass is 383 g/mol. The van der Waals surface area contributed by atoms with Crippen LogP contribution in [0.2, 0.25) is 0 Å². The van der Waals surface area contributed by atoms with Crippen LogP contribution in [0.15, 0.2) is 40.9 Å². The van der Waals surface area contributed by atoms with Gasteiger partial charge in [0, 0.05) is 19.6 Å². The van der Waals surface area contributed by atoms with Crippen LogP contribution in [0.3, 0.4) is 0 Å². The van der Waals surface area contributed by atoms with Crippen molar-refractivity contribution in [3.63, 3.8) is 0 Å². The quantitative estimate of drug-likeness (QED) is 0.613. The van der Waals surface area contributed by atoms with Gasteiger partial charge in [-0.2, -0.15) is 0 Å². The third kappa shape index (κ3) is 5.16. The van der Waals surface area contributed by atoms with Crippen LogP contribution in [0.5, 0.6) is 5.75 Å². The molecule has 6 heteroatoms. The second-order valence-electron chi connectivity index (χ2n) is 5.31. The molecule has 2 rings (SSSR count). The molecule has 0 aliphatic rings. The fourth-order valence-electron chi connectivity index (χ4n) is 2.44. The number of aliphatic hydroxyl groups is 3. The Bertz CT molecular complexity index is 617. The average Bonchev–Trinajstić information content (AvgIpc) is 2.55. The first-order chi connectivity index (χ1) is 11.2. The van der Waals surface area contributed by atoms with Crippen molar-refractivity contribution in [2.24, 2.45) is 0 Å². The predicted octanol–water partition coefficient (Wildman–Crippen LogP) is 1.63. The lowest BCUT2D eigenvalue weighted by Crippen LogP contribution is -2.38. The highest BCUT2D eigenvalue weighted by molar-refractivity contribution is 9.10. The van der Waals surface area contributed by atoms with E-state index in [9.17, 15) is 5.11 Å². The van der Waals surface area contributed by atoms with Crippen LogP contribution in [-0.4, -0.2) is 65.8 Å². The summed E-state index contributed by atoms with van der Waals surface area (Å²) in [6, 6.07) is 11.8. The Labute approximate surface area is 144 Å². The molecule has 0 heterocycles. The van der Waals surface area contributed by atoms with Gasteiger partial charge in [-0.25, -0.2) is 0 Å². The van der Waals surface area contributed by atoms with Crippen molar-refractivity contribution in [3.8, 4) is 5.75 Å². The molecule has 23 heavy (non-hydrogen) atoms. The van der Waals surface area contributed by atoms with Crippen LogP contribution in [0.4, 0.5) is 0 Å². The SMILES string of the molecule is OCCN(CCO)CC(O)COc1ccc2ccccc2c1Br. The maximum atomic E-state index is 10.1. The zero-order valence-corrected chi connectivity index (χ0v) is 14.4. The van der Waals surface area contributed by atoms with Crippen molar-refractivity contribution in [3.05, 3.63) is 40.9 Å². The van der Waals surface area contributed by atoms with E-state index in [-0.39, 0.29) is 19.8 Å². The van der Waals surface area contributed by atoms with E-state index in [0.29, 0.717) is 25.4 Å². The van der Waals surface area contributed by atoms with Crippen molar-refractivity contribution < 1.29 is 20.1 Å². The summed E-state index contributed by atoms with van der Waals surface area (Å²) in [7, 11) is 0. The first-order valence-corrected chi connectivity index (χ1v) is 8.37. The predicted molar refractivity (Wildman–Crippen MR) is 93.8 cm³/mol. The first-order valence-electron chi connectivity index (χ1n) is 7.58. The van der Waals surface area contributed by atoms with Crippen LogP contribution in [-0.2, 0) is 0 Å². The molecule has 0 spiro atoms. The number of ether oxygens (including phenoxy) is 1. The summed E-state index contributed by atoms with van der Waals surface area (Å²) in [5, 5.41) is 30.2. The van der Waals surface area contributed by atoms with Gasteiger partial charge in [-0.15, -0.1) is 0 Å². The van der Waals surface area contributed by atoms with Crippen LogP contribution in [0.25, 0.3) is 10.8 Å². The number of aliphatic hydroxyl groups excluding tert-OH is 3. The molecular weight excluding hydrogens is 362 g/mol. The van der Waals surface area contributed by atoms with Crippen molar-refractivity contribution in [1.29, 1.82) is 0 Å². The Kier molecular flexibility index (Phi) is 7.26. The van der Waals surface area contributed by atoms with E-state index in [2.05, 4.69) is 15.9 Å². The Morgan fingerprint density at radius 2 is 1.74 bits per heavy atom. The lowest BCUT2D eigenvalue weighted by atomic mass is 10.1. The Balaban J connectivity index is 1.96. The van der Waals surface area contributed by atoms with Gasteiger partial charge in [-0.1, -0.05) is 30.3 Å². The minimum Gasteiger partial charge on any atom is -0.490 e. The van der Waals surface area contributed by atoms with Crippen LogP contribution in [0.1, 0.15) is 0 Å². The smallest absolute Gasteiger partial charge is 0.134 e. The van der Waals surface area contributed by atoms with E-state index in [0.717, 1.165) is 15.2 Å². The summed E-state index contributed by atoms with van der Waals surface area (Å²) in [5.41, 5.74) is 0. The summed E-state index contributed by atoms with van der Waals surface area (Å²) >= 11 is 3.55. The van der Waals surface area contributed by atoms with Gasteiger partial charge in [-0.05, 0) is 32.8 Å². The molecule has 0 bridgehead atoms. The number of hydrogen-bond acceptors (Lipinski definition) is 5. The summed E-state index contributed by atoms with van der Waals surface area (Å²) in [6.45, 7) is 1.29. The Morgan fingerprint density at radius 1 is 1.04 bits per heavy atom. The normalized spacial score (nSPS) is 12.7. The van der Waals surface area contributed by atoms with Gasteiger partial charge < -0.3 is 20.1 Å². The molecule has 2 aromatic carbocycles. The molecule has 0 radical (unpaired) electrons. The number of nitrogens with zero attached hydrogens (tertiary/aromatic N) is 1. The lowest BCUT2D eigenvalue weighted by Gasteiger charge is -2.23. The second-order valence-corrected chi connectivity index (χ2v) is 6.10. The third-order valence-corrected chi connectivity index (χ3v) is 4.38. The molecule has 0 saturated heterocycles. The molecule has 0 fully saturated rings. The molecule has 0 amide bonds. The molecule has 1 unspecified atom stereocenters. The highest BCUT2D eigenvalue weighted by Gasteiger charge is 2.13. The minimum absolute atomic E-state index is 0.0101. The molecule has 0 aliphatic carbocycles. The summed E-state index contributed by atoms with van der Waals surface area (Å²) < 4.78 is 6.58. The lowest BCUT2D eigenvalue weighted by molar-refractivity contribution is 0.0551. The zero-order chi connectivity index (χ0) is 16.7. The van der Waals surface area contributed by atoms with E-state index >= 15 is 0 Å². The summed E-state index contributed by atoms with van der Waals surface area (Å²) in [5.74, 6) is 0.679. The van der Waals surface area contributed by atoms with Gasteiger partial charge in [0.1, 0.15) is 18.5 Å². The first kappa shape index (κ1) is 18.2. The van der Waals surface area contributed by atoms with Gasteiger partial charge >= 0.3 is 0 Å². The van der Waals surface area contributed by atoms with Crippen molar-refractivity contribution in [1.82, 2.24) is 4.90 Å². The molecule has 1 atom stereocenters. The zero-order valence-electron chi connectivity index (χ0n) is 12.9. The highest BCUT2D eigenvalue weighted by atomic mass is 79.9. The van der Waals surface area contributed by atoms with E-state index in [1.165, 1.54) is 0 Å². The van der Waals surface area contributed by atoms with E-state index in [4.69, 9.17) is 14.9 Å². The topological polar surface area (TPSA) is 73.2 Å². The Hall–Kier alpha value is -1.18. The van der Waals surface area contributed by atoms with Gasteiger partial charge in [0.05, 0.1) is 17.7 Å². The van der Waals surface area contributed by atoms with E-state index in [1.807, 2.05) is 36.4 Å². The fourth-order valence-corrected chi connectivity index (χ4v) is 3.05. The second kappa shape index (κ2) is 9.20. The van der Waals surface area contributed by atoms with E-state index in [1.54, 1.807) is 4.90 Å². The van der Waals surface area contributed by atoms with Crippen LogP contribution >= 0.6 is 15.9 Å². The Morgan fingerprint density at radius 3 is 2.43 bits per heavy atom. The van der Waals surface area contributed by atoms with Gasteiger partial charge in [0.25, 0.3) is 0 Å². The largest absolute Gasteiger partial charge is 0.490 e. The number of rotatable bonds is 9. The van der Waals surface area contributed by atoms with Crippen molar-refractivity contribution >= 4 is 26.7 Å². The molecular formula is C17H22BrNO4. The summed E-state index contributed by atoms with van der Waals surface area (Å²) in [6.07, 6.45) is -0.702. The van der Waals surface area contributed by atoms with Crippen molar-refractivity contribution in [2.75, 3.05) is 39.5 Å². The van der Waals surface area contributed by atoms with Gasteiger partial charge in [-0.3, -0.25) is 4.90 Å². The number of fused-ring (bicyclic) bond motifs is 1. The maximum Gasteiger partial charge on any atom is 0.134 e. The average molecular weight is 384 g/mol. The van der Waals surface area contributed by atoms with Crippen molar-refractivity contribution in [2.45, 2.75) is 6.10 Å². The van der Waals surface area contributed by atoms with Crippen LogP contribution in [0, 0.1) is 0 Å². The molecule has 2 aromatic rings.